The van der Waals surface area contributed by atoms with Gasteiger partial charge >= 0.3 is 41.8 Å². The van der Waals surface area contributed by atoms with Crippen LogP contribution in [0.1, 0.15) is 16.8 Å². The molecule has 1 rings (SSSR count). The van der Waals surface area contributed by atoms with Crippen LogP contribution in [0.3, 0.4) is 0 Å². The lowest BCUT2D eigenvalue weighted by atomic mass is 9.93. The van der Waals surface area contributed by atoms with Crippen molar-refractivity contribution in [2.75, 3.05) is 6.61 Å². The minimum atomic E-state index is -8.02. The highest BCUT2D eigenvalue weighted by Gasteiger charge is 2.90. The lowest BCUT2D eigenvalue weighted by Gasteiger charge is -2.39. The van der Waals surface area contributed by atoms with Gasteiger partial charge in [-0.3, -0.25) is 10.1 Å². The summed E-state index contributed by atoms with van der Waals surface area (Å²) in [5.41, 5.74) is -1.45. The molecule has 0 N–H and O–H groups in total. The van der Waals surface area contributed by atoms with Crippen molar-refractivity contribution in [1.29, 1.82) is 0 Å². The second-order valence-electron chi connectivity index (χ2n) is 6.19. The Hall–Kier alpha value is -2.82. The van der Waals surface area contributed by atoms with Crippen LogP contribution >= 0.6 is 0 Å². The Kier molecular flexibility index (Phi) is 7.28. The molecule has 0 aliphatic heterocycles. The Bertz CT molecular complexity index is 898. The predicted molar refractivity (Wildman–Crippen MR) is 78.8 cm³/mol. The molecule has 33 heavy (non-hydrogen) atoms. The summed E-state index contributed by atoms with van der Waals surface area (Å²) in [7, 11) is 0. The summed E-state index contributed by atoms with van der Waals surface area (Å²) in [6.07, 6.45) is -10.2. The minimum Gasteiger partial charge on any atom is -0.462 e. The average Bonchev–Trinajstić information content (AvgIpc) is 2.66. The van der Waals surface area contributed by atoms with E-state index in [2.05, 4.69) is 4.74 Å². The lowest BCUT2D eigenvalue weighted by Crippen LogP contribution is -2.70. The fraction of sp³-hybridized carbons (Fsp3) is 0.533. The molecule has 0 saturated heterocycles. The highest BCUT2D eigenvalue weighted by molar-refractivity contribution is 5.90. The molecule has 0 spiro atoms. The maximum Gasteiger partial charge on any atom is 0.460 e. The van der Waals surface area contributed by atoms with Gasteiger partial charge in [0.1, 0.15) is 0 Å². The predicted octanol–water partition coefficient (Wildman–Crippen LogP) is 5.88. The van der Waals surface area contributed by atoms with E-state index in [1.165, 1.54) is 0 Å². The molecule has 0 amide bonds. The topological polar surface area (TPSA) is 69.4 Å². The van der Waals surface area contributed by atoms with E-state index in [0.29, 0.717) is 6.07 Å². The third-order valence-electron chi connectivity index (χ3n) is 3.94. The van der Waals surface area contributed by atoms with Crippen molar-refractivity contribution in [3.63, 3.8) is 0 Å². The number of alkyl halides is 13. The third kappa shape index (κ3) is 4.78. The number of ether oxygens (including phenoxy) is 1. The number of nitro groups is 1. The summed E-state index contributed by atoms with van der Waals surface area (Å²) >= 11 is 0. The molecule has 0 saturated carbocycles. The molecule has 0 aliphatic rings. The Morgan fingerprint density at radius 3 is 1.76 bits per heavy atom. The molecular formula is C15H8F13NO4. The summed E-state index contributed by atoms with van der Waals surface area (Å²) in [5.74, 6) is -39.4. The maximum absolute atomic E-state index is 13.6. The van der Waals surface area contributed by atoms with Gasteiger partial charge in [0.25, 0.3) is 5.69 Å². The van der Waals surface area contributed by atoms with E-state index in [4.69, 9.17) is 0 Å². The van der Waals surface area contributed by atoms with Gasteiger partial charge in [-0.2, -0.15) is 57.1 Å². The molecule has 1 aromatic rings. The molecule has 188 valence electrons. The zero-order chi connectivity index (χ0) is 26.3. The molecular weight excluding hydrogens is 505 g/mol. The van der Waals surface area contributed by atoms with E-state index in [0.717, 1.165) is 18.2 Å². The first-order chi connectivity index (χ1) is 14.5. The number of carbonyl (C=O) groups is 1. The van der Waals surface area contributed by atoms with Crippen LogP contribution in [0.15, 0.2) is 24.3 Å². The number of nitrogens with zero attached hydrogens (tertiary/aromatic N) is 1. The van der Waals surface area contributed by atoms with E-state index in [9.17, 15) is 72.0 Å². The summed E-state index contributed by atoms with van der Waals surface area (Å²) in [6, 6.07) is 3.06. The van der Waals surface area contributed by atoms with E-state index in [-0.39, 0.29) is 0 Å². The fourth-order valence-electron chi connectivity index (χ4n) is 2.06. The first-order valence-electron chi connectivity index (χ1n) is 7.92. The van der Waals surface area contributed by atoms with E-state index >= 15 is 0 Å². The normalized spacial score (nSPS) is 14.2. The summed E-state index contributed by atoms with van der Waals surface area (Å²) < 4.78 is 172. The van der Waals surface area contributed by atoms with Crippen LogP contribution in [0.4, 0.5) is 62.8 Å². The van der Waals surface area contributed by atoms with Crippen molar-refractivity contribution < 1.29 is 71.5 Å². The van der Waals surface area contributed by atoms with Crippen LogP contribution in [0.2, 0.25) is 0 Å². The van der Waals surface area contributed by atoms with Gasteiger partial charge in [0.05, 0.1) is 23.5 Å². The van der Waals surface area contributed by atoms with Gasteiger partial charge in [0.2, 0.25) is 0 Å². The van der Waals surface area contributed by atoms with Crippen molar-refractivity contribution in [1.82, 2.24) is 0 Å². The molecule has 0 unspecified atom stereocenters. The SMILES string of the molecule is O=C(OCCC(F)(F)C(F)(F)C(F)(F)C(F)(F)C(F)(F)C(F)(F)F)c1cccc([N+](=O)[O-])c1. The van der Waals surface area contributed by atoms with Gasteiger partial charge < -0.3 is 4.74 Å². The highest BCUT2D eigenvalue weighted by Crippen LogP contribution is 2.60. The van der Waals surface area contributed by atoms with E-state index in [1.807, 2.05) is 0 Å². The number of hydrogen-bond donors (Lipinski definition) is 0. The van der Waals surface area contributed by atoms with Crippen molar-refractivity contribution in [3.05, 3.63) is 39.9 Å². The first-order valence-corrected chi connectivity index (χ1v) is 7.92. The molecule has 0 aromatic heterocycles. The van der Waals surface area contributed by atoms with Crippen LogP contribution in [-0.2, 0) is 4.74 Å². The monoisotopic (exact) mass is 513 g/mol. The van der Waals surface area contributed by atoms with E-state index < -0.39 is 71.0 Å². The molecule has 5 nitrogen and oxygen atoms in total. The summed E-state index contributed by atoms with van der Waals surface area (Å²) in [5, 5.41) is 10.6. The Morgan fingerprint density at radius 1 is 0.818 bits per heavy atom. The van der Waals surface area contributed by atoms with Crippen molar-refractivity contribution >= 4 is 11.7 Å². The average molecular weight is 513 g/mol. The smallest absolute Gasteiger partial charge is 0.460 e. The Labute approximate surface area is 173 Å². The number of benzene rings is 1. The van der Waals surface area contributed by atoms with Crippen molar-refractivity contribution in [2.45, 2.75) is 42.2 Å². The lowest BCUT2D eigenvalue weighted by molar-refractivity contribution is -0.440. The number of nitro benzene ring substituents is 1. The van der Waals surface area contributed by atoms with Gasteiger partial charge in [-0.15, -0.1) is 0 Å². The molecule has 0 bridgehead atoms. The number of hydrogen-bond acceptors (Lipinski definition) is 4. The van der Waals surface area contributed by atoms with Gasteiger partial charge in [-0.25, -0.2) is 4.79 Å². The number of non-ortho nitro benzene ring substituents is 1. The van der Waals surface area contributed by atoms with Gasteiger partial charge in [-0.05, 0) is 6.07 Å². The maximum atomic E-state index is 13.6. The summed E-state index contributed by atoms with van der Waals surface area (Å²) in [6.45, 7) is -1.96. The Morgan fingerprint density at radius 2 is 1.30 bits per heavy atom. The van der Waals surface area contributed by atoms with Gasteiger partial charge in [0.15, 0.2) is 0 Å². The molecule has 0 radical (unpaired) electrons. The van der Waals surface area contributed by atoms with E-state index in [1.54, 1.807) is 0 Å². The molecule has 0 aliphatic carbocycles. The van der Waals surface area contributed by atoms with Crippen molar-refractivity contribution in [3.8, 4) is 0 Å². The van der Waals surface area contributed by atoms with Crippen LogP contribution in [0, 0.1) is 10.1 Å². The molecule has 0 atom stereocenters. The zero-order valence-electron chi connectivity index (χ0n) is 15.2. The fourth-order valence-corrected chi connectivity index (χ4v) is 2.06. The Balaban J connectivity index is 3.08. The minimum absolute atomic E-state index is 0.517. The molecule has 18 heteroatoms. The number of esters is 1. The quantitative estimate of drug-likeness (QED) is 0.179. The molecule has 1 aromatic carbocycles. The number of halogens is 13. The second-order valence-corrected chi connectivity index (χ2v) is 6.19. The highest BCUT2D eigenvalue weighted by atomic mass is 19.4. The molecule has 0 heterocycles. The van der Waals surface area contributed by atoms with Crippen LogP contribution in [0.5, 0.6) is 0 Å². The van der Waals surface area contributed by atoms with Gasteiger partial charge in [-0.1, -0.05) is 6.07 Å². The standard InChI is InChI=1S/C15H8F13NO4/c16-10(17,4-5-33-9(30)7-2-1-3-8(6-7)29(31)32)11(18,19)12(20,21)13(22,23)14(24,25)15(26,27)28/h1-3,6H,4-5H2. The summed E-state index contributed by atoms with van der Waals surface area (Å²) in [4.78, 5) is 21.1. The van der Waals surface area contributed by atoms with Crippen LogP contribution in [-0.4, -0.2) is 53.3 Å². The second kappa shape index (κ2) is 8.51. The number of rotatable bonds is 9. The first kappa shape index (κ1) is 28.2. The molecule has 0 fully saturated rings. The van der Waals surface area contributed by atoms with Gasteiger partial charge in [0, 0.05) is 12.1 Å². The third-order valence-corrected chi connectivity index (χ3v) is 3.94. The number of carbonyl (C=O) groups excluding carboxylic acids is 1. The largest absolute Gasteiger partial charge is 0.462 e. The zero-order valence-corrected chi connectivity index (χ0v) is 15.2. The van der Waals surface area contributed by atoms with Crippen molar-refractivity contribution in [2.24, 2.45) is 0 Å². The van der Waals surface area contributed by atoms with Crippen LogP contribution in [0.25, 0.3) is 0 Å². The van der Waals surface area contributed by atoms with Crippen LogP contribution < -0.4 is 0 Å².